The molecule has 1 aliphatic heterocycles. The molecule has 1 atom stereocenters. The van der Waals surface area contributed by atoms with E-state index in [9.17, 15) is 9.59 Å². The number of nitrogens with zero attached hydrogens (tertiary/aromatic N) is 3. The molecular formula is C24H30N4O3. The van der Waals surface area contributed by atoms with Crippen molar-refractivity contribution >= 4 is 22.8 Å². The van der Waals surface area contributed by atoms with Gasteiger partial charge in [0.05, 0.1) is 5.52 Å². The Labute approximate surface area is 182 Å². The van der Waals surface area contributed by atoms with Gasteiger partial charge < -0.3 is 19.5 Å². The number of carbonyl (C=O) groups excluding carboxylic acids is 1. The number of carbonyl (C=O) groups is 1. The maximum Gasteiger partial charge on any atom is 0.419 e. The number of hydrogen-bond donors (Lipinski definition) is 1. The lowest BCUT2D eigenvalue weighted by Gasteiger charge is -2.40. The van der Waals surface area contributed by atoms with Gasteiger partial charge in [0.1, 0.15) is 0 Å². The van der Waals surface area contributed by atoms with E-state index < -0.39 is 0 Å². The topological polar surface area (TPSA) is 70.7 Å². The van der Waals surface area contributed by atoms with Crippen molar-refractivity contribution in [1.29, 1.82) is 0 Å². The van der Waals surface area contributed by atoms with Gasteiger partial charge in [0.25, 0.3) is 0 Å². The third kappa shape index (κ3) is 4.76. The largest absolute Gasteiger partial charge is 0.419 e. The Balaban J connectivity index is 1.26. The van der Waals surface area contributed by atoms with Crippen molar-refractivity contribution in [2.24, 2.45) is 7.05 Å². The number of nitrogens with one attached hydrogen (secondary N) is 1. The molecule has 2 aromatic carbocycles. The summed E-state index contributed by atoms with van der Waals surface area (Å²) in [6.45, 7) is 4.91. The highest BCUT2D eigenvalue weighted by molar-refractivity contribution is 5.78. The van der Waals surface area contributed by atoms with Crippen molar-refractivity contribution in [2.45, 2.75) is 32.2 Å². The lowest BCUT2D eigenvalue weighted by molar-refractivity contribution is 0.171. The van der Waals surface area contributed by atoms with Crippen LogP contribution in [0.4, 0.5) is 10.5 Å². The van der Waals surface area contributed by atoms with Crippen molar-refractivity contribution < 1.29 is 9.21 Å². The summed E-state index contributed by atoms with van der Waals surface area (Å²) >= 11 is 0. The summed E-state index contributed by atoms with van der Waals surface area (Å²) < 4.78 is 6.82. The predicted octanol–water partition coefficient (Wildman–Crippen LogP) is 3.37. The Morgan fingerprint density at radius 1 is 1.13 bits per heavy atom. The van der Waals surface area contributed by atoms with E-state index in [2.05, 4.69) is 41.4 Å². The second-order valence-electron chi connectivity index (χ2n) is 8.24. The first kappa shape index (κ1) is 21.0. The zero-order chi connectivity index (χ0) is 21.8. The number of oxazole rings is 1. The minimum Gasteiger partial charge on any atom is -0.408 e. The van der Waals surface area contributed by atoms with Gasteiger partial charge in [-0.15, -0.1) is 0 Å². The molecule has 31 heavy (non-hydrogen) atoms. The van der Waals surface area contributed by atoms with Crippen LogP contribution in [0.25, 0.3) is 11.1 Å². The summed E-state index contributed by atoms with van der Waals surface area (Å²) in [4.78, 5) is 28.5. The van der Waals surface area contributed by atoms with E-state index in [0.717, 1.165) is 43.6 Å². The molecule has 3 aromatic rings. The number of aromatic nitrogens is 1. The van der Waals surface area contributed by atoms with Crippen molar-refractivity contribution in [3.63, 3.8) is 0 Å². The van der Waals surface area contributed by atoms with E-state index in [1.54, 1.807) is 7.05 Å². The molecule has 1 fully saturated rings. The Kier molecular flexibility index (Phi) is 6.30. The number of piperazine rings is 1. The molecule has 7 nitrogen and oxygen atoms in total. The molecule has 164 valence electrons. The van der Waals surface area contributed by atoms with Gasteiger partial charge >= 0.3 is 11.8 Å². The lowest BCUT2D eigenvalue weighted by Crippen LogP contribution is -2.56. The van der Waals surface area contributed by atoms with Gasteiger partial charge in [0, 0.05) is 51.0 Å². The first-order valence-electron chi connectivity index (χ1n) is 11.0. The van der Waals surface area contributed by atoms with Crippen LogP contribution >= 0.6 is 0 Å². The zero-order valence-electron chi connectivity index (χ0n) is 18.2. The fourth-order valence-electron chi connectivity index (χ4n) is 4.21. The third-order valence-electron chi connectivity index (χ3n) is 6.04. The minimum atomic E-state index is -0.356. The Hall–Kier alpha value is -3.22. The Bertz CT molecular complexity index is 1090. The fourth-order valence-corrected chi connectivity index (χ4v) is 4.21. The lowest BCUT2D eigenvalue weighted by atomic mass is 10.1. The van der Waals surface area contributed by atoms with Crippen LogP contribution in [-0.2, 0) is 13.5 Å². The first-order chi connectivity index (χ1) is 15.0. The van der Waals surface area contributed by atoms with Gasteiger partial charge in [0.2, 0.25) is 0 Å². The zero-order valence-corrected chi connectivity index (χ0v) is 18.2. The molecule has 2 amide bonds. The average molecular weight is 423 g/mol. The van der Waals surface area contributed by atoms with Crippen molar-refractivity contribution in [3.8, 4) is 0 Å². The number of unbranched alkanes of at least 4 members (excludes halogenated alkanes) is 1. The van der Waals surface area contributed by atoms with E-state index in [0.29, 0.717) is 18.7 Å². The molecule has 2 heterocycles. The molecule has 0 saturated carbocycles. The van der Waals surface area contributed by atoms with Gasteiger partial charge in [-0.25, -0.2) is 9.59 Å². The molecule has 0 unspecified atom stereocenters. The predicted molar refractivity (Wildman–Crippen MR) is 123 cm³/mol. The molecule has 0 bridgehead atoms. The van der Waals surface area contributed by atoms with E-state index in [4.69, 9.17) is 4.42 Å². The van der Waals surface area contributed by atoms with Crippen LogP contribution in [0.15, 0.2) is 57.7 Å². The molecule has 1 aromatic heterocycles. The molecule has 4 rings (SSSR count). The second kappa shape index (κ2) is 9.29. The normalized spacial score (nSPS) is 16.6. The van der Waals surface area contributed by atoms with Crippen molar-refractivity contribution in [3.05, 3.63) is 64.6 Å². The average Bonchev–Trinajstić information content (AvgIpc) is 3.07. The van der Waals surface area contributed by atoms with Crippen LogP contribution in [0.2, 0.25) is 0 Å². The number of aryl methyl sites for hydroxylation is 2. The van der Waals surface area contributed by atoms with Crippen LogP contribution in [0.5, 0.6) is 0 Å². The first-order valence-corrected chi connectivity index (χ1v) is 11.0. The van der Waals surface area contributed by atoms with Gasteiger partial charge in [-0.05, 0) is 43.9 Å². The highest BCUT2D eigenvalue weighted by Gasteiger charge is 2.27. The van der Waals surface area contributed by atoms with Crippen molar-refractivity contribution in [1.82, 2.24) is 14.8 Å². The maximum absolute atomic E-state index is 12.6. The number of hydrogen-bond acceptors (Lipinski definition) is 4. The quantitative estimate of drug-likeness (QED) is 0.619. The number of urea groups is 1. The van der Waals surface area contributed by atoms with Gasteiger partial charge in [-0.1, -0.05) is 30.3 Å². The number of fused-ring (bicyclic) bond motifs is 1. The summed E-state index contributed by atoms with van der Waals surface area (Å²) in [7, 11) is 1.70. The molecule has 1 saturated heterocycles. The van der Waals surface area contributed by atoms with Crippen LogP contribution in [0.3, 0.4) is 0 Å². The molecule has 1 aliphatic rings. The summed E-state index contributed by atoms with van der Waals surface area (Å²) in [5.74, 6) is -0.356. The molecule has 0 radical (unpaired) electrons. The second-order valence-corrected chi connectivity index (χ2v) is 8.24. The smallest absolute Gasteiger partial charge is 0.408 e. The summed E-state index contributed by atoms with van der Waals surface area (Å²) in [6.07, 6.45) is 3.07. The highest BCUT2D eigenvalue weighted by Crippen LogP contribution is 2.24. The van der Waals surface area contributed by atoms with E-state index in [1.807, 2.05) is 29.2 Å². The van der Waals surface area contributed by atoms with Crippen molar-refractivity contribution in [2.75, 3.05) is 31.1 Å². The van der Waals surface area contributed by atoms with Crippen LogP contribution in [0, 0.1) is 0 Å². The van der Waals surface area contributed by atoms with Crippen LogP contribution < -0.4 is 16.0 Å². The van der Waals surface area contributed by atoms with Gasteiger partial charge in [-0.2, -0.15) is 0 Å². The number of anilines is 1. The minimum absolute atomic E-state index is 0.0105. The van der Waals surface area contributed by atoms with Crippen LogP contribution in [-0.4, -0.2) is 47.7 Å². The highest BCUT2D eigenvalue weighted by atomic mass is 16.4. The van der Waals surface area contributed by atoms with Crippen LogP contribution in [0.1, 0.15) is 25.3 Å². The van der Waals surface area contributed by atoms with E-state index >= 15 is 0 Å². The SMILES string of the molecule is C[C@@H]1CN(c2ccc3c(c2)oc(=O)n3C)CCN1C(=O)NCCCCc1ccccc1. The monoisotopic (exact) mass is 422 g/mol. The molecule has 1 N–H and O–H groups in total. The maximum atomic E-state index is 12.6. The number of rotatable bonds is 6. The molecule has 0 spiro atoms. The third-order valence-corrected chi connectivity index (χ3v) is 6.04. The Morgan fingerprint density at radius 2 is 1.94 bits per heavy atom. The number of amides is 2. The molecule has 7 heteroatoms. The fraction of sp³-hybridized carbons (Fsp3) is 0.417. The molecular weight excluding hydrogens is 392 g/mol. The summed E-state index contributed by atoms with van der Waals surface area (Å²) in [5, 5.41) is 3.07. The number of benzene rings is 2. The summed E-state index contributed by atoms with van der Waals surface area (Å²) in [5.41, 5.74) is 3.72. The molecule has 0 aliphatic carbocycles. The van der Waals surface area contributed by atoms with E-state index in [-0.39, 0.29) is 17.8 Å². The Morgan fingerprint density at radius 3 is 2.71 bits per heavy atom. The van der Waals surface area contributed by atoms with E-state index in [1.165, 1.54) is 10.1 Å². The van der Waals surface area contributed by atoms with Gasteiger partial charge in [-0.3, -0.25) is 4.57 Å². The standard InChI is InChI=1S/C24H30N4O3/c1-18-17-27(20-11-12-21-22(16-20)31-24(30)26(21)2)14-15-28(18)23(29)25-13-7-6-10-19-8-4-3-5-9-19/h3-5,8-9,11-12,16,18H,6-7,10,13-15,17H2,1-2H3,(H,25,29)/t18-/m1/s1. The van der Waals surface area contributed by atoms with Gasteiger partial charge in [0.15, 0.2) is 5.58 Å². The summed E-state index contributed by atoms with van der Waals surface area (Å²) in [6, 6.07) is 16.4.